The highest BCUT2D eigenvalue weighted by atomic mass is 19.4. The molecule has 0 saturated carbocycles. The van der Waals surface area contributed by atoms with E-state index in [9.17, 15) is 18.0 Å². The van der Waals surface area contributed by atoms with E-state index in [1.807, 2.05) is 0 Å². The average molecular weight is 246 g/mol. The van der Waals surface area contributed by atoms with Gasteiger partial charge in [0.1, 0.15) is 0 Å². The molecule has 6 heteroatoms. The van der Waals surface area contributed by atoms with Crippen LogP contribution in [0.15, 0.2) is 24.3 Å². The largest absolute Gasteiger partial charge is 0.416 e. The second kappa shape index (κ2) is 5.67. The molecule has 0 heterocycles. The van der Waals surface area contributed by atoms with Crippen molar-refractivity contribution < 1.29 is 18.0 Å². The van der Waals surface area contributed by atoms with Crippen molar-refractivity contribution in [1.82, 2.24) is 5.32 Å². The molecule has 94 valence electrons. The van der Waals surface area contributed by atoms with Gasteiger partial charge in [-0.3, -0.25) is 4.79 Å². The fourth-order valence-corrected chi connectivity index (χ4v) is 1.47. The third-order valence-corrected chi connectivity index (χ3v) is 2.32. The summed E-state index contributed by atoms with van der Waals surface area (Å²) in [6.07, 6.45) is -3.59. The fourth-order valence-electron chi connectivity index (χ4n) is 1.47. The lowest BCUT2D eigenvalue weighted by atomic mass is 10.0. The van der Waals surface area contributed by atoms with Crippen LogP contribution in [0.25, 0.3) is 0 Å². The molecule has 0 spiro atoms. The maximum Gasteiger partial charge on any atom is 0.416 e. The number of alkyl halides is 3. The SMILES string of the molecule is NCC(Cc1cccc(C(F)(F)F)c1)NC=O. The average Bonchev–Trinajstić information content (AvgIpc) is 2.28. The maximum absolute atomic E-state index is 12.4. The predicted molar refractivity (Wildman–Crippen MR) is 57.2 cm³/mol. The number of benzene rings is 1. The first kappa shape index (κ1) is 13.5. The van der Waals surface area contributed by atoms with Crippen molar-refractivity contribution in [3.63, 3.8) is 0 Å². The zero-order chi connectivity index (χ0) is 12.9. The van der Waals surface area contributed by atoms with Crippen LogP contribution in [0.3, 0.4) is 0 Å². The number of carbonyl (C=O) groups is 1. The first-order valence-corrected chi connectivity index (χ1v) is 5.03. The van der Waals surface area contributed by atoms with E-state index in [-0.39, 0.29) is 19.0 Å². The van der Waals surface area contributed by atoms with Crippen LogP contribution in [0, 0.1) is 0 Å². The van der Waals surface area contributed by atoms with E-state index in [2.05, 4.69) is 5.32 Å². The van der Waals surface area contributed by atoms with Crippen molar-refractivity contribution in [2.45, 2.75) is 18.6 Å². The van der Waals surface area contributed by atoms with Gasteiger partial charge >= 0.3 is 6.18 Å². The van der Waals surface area contributed by atoms with Crippen molar-refractivity contribution in [3.8, 4) is 0 Å². The smallest absolute Gasteiger partial charge is 0.354 e. The van der Waals surface area contributed by atoms with E-state index in [1.54, 1.807) is 6.07 Å². The number of hydrogen-bond acceptors (Lipinski definition) is 2. The molecule has 0 aliphatic carbocycles. The Morgan fingerprint density at radius 2 is 2.12 bits per heavy atom. The minimum atomic E-state index is -4.35. The molecular formula is C11H13F3N2O. The van der Waals surface area contributed by atoms with Crippen molar-refractivity contribution in [1.29, 1.82) is 0 Å². The summed E-state index contributed by atoms with van der Waals surface area (Å²) in [6, 6.07) is 4.64. The van der Waals surface area contributed by atoms with Crippen molar-refractivity contribution in [2.24, 2.45) is 5.73 Å². The van der Waals surface area contributed by atoms with Gasteiger partial charge in [-0.15, -0.1) is 0 Å². The fraction of sp³-hybridized carbons (Fsp3) is 0.364. The number of halogens is 3. The number of carbonyl (C=O) groups excluding carboxylic acids is 1. The van der Waals surface area contributed by atoms with Crippen LogP contribution in [-0.2, 0) is 17.4 Å². The molecule has 1 atom stereocenters. The Morgan fingerprint density at radius 3 is 2.65 bits per heavy atom. The molecule has 1 aromatic carbocycles. The summed E-state index contributed by atoms with van der Waals surface area (Å²) in [4.78, 5) is 10.2. The molecule has 0 bridgehead atoms. The topological polar surface area (TPSA) is 55.1 Å². The number of rotatable bonds is 5. The van der Waals surface area contributed by atoms with Gasteiger partial charge in [0.15, 0.2) is 0 Å². The van der Waals surface area contributed by atoms with Gasteiger partial charge in [-0.25, -0.2) is 0 Å². The van der Waals surface area contributed by atoms with Crippen LogP contribution in [0.4, 0.5) is 13.2 Å². The zero-order valence-electron chi connectivity index (χ0n) is 9.00. The van der Waals surface area contributed by atoms with Gasteiger partial charge in [-0.1, -0.05) is 18.2 Å². The third-order valence-electron chi connectivity index (χ3n) is 2.32. The van der Waals surface area contributed by atoms with Crippen molar-refractivity contribution in [2.75, 3.05) is 6.54 Å². The van der Waals surface area contributed by atoms with Gasteiger partial charge < -0.3 is 11.1 Å². The lowest BCUT2D eigenvalue weighted by molar-refractivity contribution is -0.137. The van der Waals surface area contributed by atoms with Crippen LogP contribution in [-0.4, -0.2) is 19.0 Å². The summed E-state index contributed by atoms with van der Waals surface area (Å²) in [5.74, 6) is 0. The van der Waals surface area contributed by atoms with Crippen molar-refractivity contribution >= 4 is 6.41 Å². The highest BCUT2D eigenvalue weighted by Crippen LogP contribution is 2.29. The van der Waals surface area contributed by atoms with Crippen LogP contribution >= 0.6 is 0 Å². The van der Waals surface area contributed by atoms with E-state index in [4.69, 9.17) is 5.73 Å². The predicted octanol–water partition coefficient (Wildman–Crippen LogP) is 1.32. The molecule has 0 fully saturated rings. The lowest BCUT2D eigenvalue weighted by Gasteiger charge is -2.14. The molecule has 1 amide bonds. The van der Waals surface area contributed by atoms with E-state index < -0.39 is 11.7 Å². The van der Waals surface area contributed by atoms with Gasteiger partial charge in [-0.05, 0) is 18.1 Å². The Hall–Kier alpha value is -1.56. The Kier molecular flexibility index (Phi) is 4.51. The molecule has 1 rings (SSSR count). The molecule has 1 unspecified atom stereocenters. The first-order valence-electron chi connectivity index (χ1n) is 5.03. The Labute approximate surface area is 96.8 Å². The van der Waals surface area contributed by atoms with Crippen molar-refractivity contribution in [3.05, 3.63) is 35.4 Å². The quantitative estimate of drug-likeness (QED) is 0.770. The van der Waals surface area contributed by atoms with Crippen LogP contribution in [0.5, 0.6) is 0 Å². The van der Waals surface area contributed by atoms with Gasteiger partial charge in [0.2, 0.25) is 6.41 Å². The molecule has 0 saturated heterocycles. The minimum absolute atomic E-state index is 0.176. The number of hydrogen-bond donors (Lipinski definition) is 2. The molecule has 0 radical (unpaired) electrons. The third kappa shape index (κ3) is 4.07. The summed E-state index contributed by atoms with van der Waals surface area (Å²) in [7, 11) is 0. The normalized spacial score (nSPS) is 13.2. The summed E-state index contributed by atoms with van der Waals surface area (Å²) in [5, 5.41) is 2.45. The molecule has 0 aliphatic rings. The summed E-state index contributed by atoms with van der Waals surface area (Å²) < 4.78 is 37.3. The highest BCUT2D eigenvalue weighted by molar-refractivity contribution is 5.47. The molecule has 0 aromatic heterocycles. The van der Waals surface area contributed by atoms with E-state index in [0.717, 1.165) is 12.1 Å². The maximum atomic E-state index is 12.4. The lowest BCUT2D eigenvalue weighted by Crippen LogP contribution is -2.36. The summed E-state index contributed by atoms with van der Waals surface area (Å²) >= 11 is 0. The minimum Gasteiger partial charge on any atom is -0.354 e. The van der Waals surface area contributed by atoms with Crippen LogP contribution in [0.2, 0.25) is 0 Å². The molecule has 0 aliphatic heterocycles. The highest BCUT2D eigenvalue weighted by Gasteiger charge is 2.30. The van der Waals surface area contributed by atoms with Gasteiger partial charge in [0.25, 0.3) is 0 Å². The monoisotopic (exact) mass is 246 g/mol. The molecular weight excluding hydrogens is 233 g/mol. The zero-order valence-corrected chi connectivity index (χ0v) is 9.00. The van der Waals surface area contributed by atoms with E-state index in [1.165, 1.54) is 6.07 Å². The number of nitrogens with one attached hydrogen (secondary N) is 1. The first-order chi connectivity index (χ1) is 7.97. The Balaban J connectivity index is 2.81. The summed E-state index contributed by atoms with van der Waals surface area (Å²) in [5.41, 5.74) is 5.18. The Bertz CT molecular complexity index is 379. The molecule has 1 aromatic rings. The van der Waals surface area contributed by atoms with Crippen LogP contribution < -0.4 is 11.1 Å². The number of nitrogens with two attached hydrogens (primary N) is 1. The van der Waals surface area contributed by atoms with Gasteiger partial charge in [-0.2, -0.15) is 13.2 Å². The van der Waals surface area contributed by atoms with E-state index in [0.29, 0.717) is 12.0 Å². The standard InChI is InChI=1S/C11H13F3N2O/c12-11(13,14)9-3-1-2-8(4-9)5-10(6-15)16-7-17/h1-4,7,10H,5-6,15H2,(H,16,17). The van der Waals surface area contributed by atoms with Gasteiger partial charge in [0, 0.05) is 12.6 Å². The number of amides is 1. The molecule has 3 nitrogen and oxygen atoms in total. The Morgan fingerprint density at radius 1 is 1.41 bits per heavy atom. The van der Waals surface area contributed by atoms with Gasteiger partial charge in [0.05, 0.1) is 5.56 Å². The van der Waals surface area contributed by atoms with E-state index >= 15 is 0 Å². The second-order valence-corrected chi connectivity index (χ2v) is 3.62. The molecule has 3 N–H and O–H groups in total. The summed E-state index contributed by atoms with van der Waals surface area (Å²) in [6.45, 7) is 0.176. The second-order valence-electron chi connectivity index (χ2n) is 3.62. The molecule has 17 heavy (non-hydrogen) atoms. The van der Waals surface area contributed by atoms with Crippen LogP contribution in [0.1, 0.15) is 11.1 Å².